The van der Waals surface area contributed by atoms with Crippen LogP contribution in [0.5, 0.6) is 5.75 Å². The average Bonchev–Trinajstić information content (AvgIpc) is 3.16. The number of benzene rings is 2. The van der Waals surface area contributed by atoms with Crippen LogP contribution in [0.3, 0.4) is 0 Å². The lowest BCUT2D eigenvalue weighted by Crippen LogP contribution is -2.15. The van der Waals surface area contributed by atoms with Crippen molar-refractivity contribution < 1.29 is 14.3 Å². The van der Waals surface area contributed by atoms with Gasteiger partial charge in [-0.15, -0.1) is 23.1 Å². The molecule has 0 unspecified atom stereocenters. The molecule has 0 saturated carbocycles. The first-order valence-corrected chi connectivity index (χ1v) is 10.6. The van der Waals surface area contributed by atoms with E-state index in [0.717, 1.165) is 11.3 Å². The van der Waals surface area contributed by atoms with Crippen LogP contribution in [0.25, 0.3) is 11.3 Å². The zero-order valence-electron chi connectivity index (χ0n) is 15.2. The highest BCUT2D eigenvalue weighted by atomic mass is 32.2. The third-order valence-corrected chi connectivity index (χ3v) is 5.35. The Bertz CT molecular complexity index is 971. The van der Waals surface area contributed by atoms with Gasteiger partial charge in [0.1, 0.15) is 5.75 Å². The van der Waals surface area contributed by atoms with E-state index in [0.29, 0.717) is 16.4 Å². The molecule has 0 aliphatic carbocycles. The molecule has 0 fully saturated rings. The third-order valence-electron chi connectivity index (χ3n) is 3.85. The van der Waals surface area contributed by atoms with E-state index in [4.69, 9.17) is 10.5 Å². The van der Waals surface area contributed by atoms with Gasteiger partial charge in [0.2, 0.25) is 11.8 Å². The summed E-state index contributed by atoms with van der Waals surface area (Å²) in [5.74, 6) is -0.218. The number of hydrogen-bond donors (Lipinski definition) is 2. The standard InChI is InChI=1S/C20H19N3O3S2/c1-27-16-7-5-13(6-8-16)17-12-28-20(22-17)23-18(24)9-10-26-15-4-2-3-14(11-15)19(21)25/h2-8,11-12H,9-10H2,1H3,(H2,21,25)(H,22,23,24). The maximum Gasteiger partial charge on any atom is 0.248 e. The molecule has 3 N–H and O–H groups in total. The number of primary amides is 1. The van der Waals surface area contributed by atoms with E-state index in [2.05, 4.69) is 10.3 Å². The molecule has 0 spiro atoms. The van der Waals surface area contributed by atoms with E-state index in [1.807, 2.05) is 35.9 Å². The normalized spacial score (nSPS) is 10.5. The Kier molecular flexibility index (Phi) is 6.67. The highest BCUT2D eigenvalue weighted by Crippen LogP contribution is 2.26. The number of thioether (sulfide) groups is 1. The molecule has 8 heteroatoms. The number of nitrogens with two attached hydrogens (primary N) is 1. The fraction of sp³-hybridized carbons (Fsp3) is 0.150. The van der Waals surface area contributed by atoms with Gasteiger partial charge < -0.3 is 15.8 Å². The van der Waals surface area contributed by atoms with Crippen molar-refractivity contribution in [3.05, 3.63) is 59.5 Å². The van der Waals surface area contributed by atoms with Gasteiger partial charge in [0.15, 0.2) is 5.13 Å². The van der Waals surface area contributed by atoms with Crippen molar-refractivity contribution in [1.82, 2.24) is 4.98 Å². The quantitative estimate of drug-likeness (QED) is 0.544. The van der Waals surface area contributed by atoms with Crippen LogP contribution in [0.15, 0.2) is 58.8 Å². The molecule has 28 heavy (non-hydrogen) atoms. The Hall–Kier alpha value is -2.84. The number of carbonyl (C=O) groups is 2. The van der Waals surface area contributed by atoms with Crippen molar-refractivity contribution in [3.8, 4) is 17.0 Å². The first-order valence-electron chi connectivity index (χ1n) is 8.47. The molecule has 1 heterocycles. The highest BCUT2D eigenvalue weighted by molar-refractivity contribution is 7.98. The van der Waals surface area contributed by atoms with E-state index >= 15 is 0 Å². The van der Waals surface area contributed by atoms with E-state index in [-0.39, 0.29) is 18.9 Å². The molecule has 6 nitrogen and oxygen atoms in total. The topological polar surface area (TPSA) is 94.3 Å². The van der Waals surface area contributed by atoms with Crippen LogP contribution in [0.2, 0.25) is 0 Å². The van der Waals surface area contributed by atoms with Crippen molar-refractivity contribution in [2.24, 2.45) is 5.73 Å². The monoisotopic (exact) mass is 413 g/mol. The summed E-state index contributed by atoms with van der Waals surface area (Å²) in [5, 5.41) is 5.24. The summed E-state index contributed by atoms with van der Waals surface area (Å²) in [6.07, 6.45) is 2.20. The first kappa shape index (κ1) is 19.9. The van der Waals surface area contributed by atoms with Crippen LogP contribution in [-0.2, 0) is 4.79 Å². The lowest BCUT2D eigenvalue weighted by Gasteiger charge is -2.07. The summed E-state index contributed by atoms with van der Waals surface area (Å²) < 4.78 is 5.51. The number of ether oxygens (including phenoxy) is 1. The molecule has 0 saturated heterocycles. The zero-order chi connectivity index (χ0) is 19.9. The number of nitrogens with zero attached hydrogens (tertiary/aromatic N) is 1. The number of carbonyl (C=O) groups excluding carboxylic acids is 2. The van der Waals surface area contributed by atoms with Crippen molar-refractivity contribution in [3.63, 3.8) is 0 Å². The number of rotatable bonds is 8. The number of amides is 2. The fourth-order valence-corrected chi connectivity index (χ4v) is 3.55. The molecule has 2 aromatic carbocycles. The summed E-state index contributed by atoms with van der Waals surface area (Å²) >= 11 is 3.06. The Balaban J connectivity index is 1.50. The second-order valence-electron chi connectivity index (χ2n) is 5.81. The summed E-state index contributed by atoms with van der Waals surface area (Å²) in [6.45, 7) is 0.183. The maximum absolute atomic E-state index is 12.1. The molecule has 3 aromatic rings. The SMILES string of the molecule is CSc1ccc(-c2csc(NC(=O)CCOc3cccc(C(N)=O)c3)n2)cc1. The zero-order valence-corrected chi connectivity index (χ0v) is 16.8. The number of anilines is 1. The van der Waals surface area contributed by atoms with Gasteiger partial charge in [0, 0.05) is 21.4 Å². The fourth-order valence-electron chi connectivity index (χ4n) is 2.41. The van der Waals surface area contributed by atoms with Crippen molar-refractivity contribution in [2.75, 3.05) is 18.2 Å². The summed E-state index contributed by atoms with van der Waals surface area (Å²) in [7, 11) is 0. The molecule has 144 valence electrons. The van der Waals surface area contributed by atoms with Crippen LogP contribution in [0, 0.1) is 0 Å². The van der Waals surface area contributed by atoms with Crippen LogP contribution >= 0.6 is 23.1 Å². The average molecular weight is 414 g/mol. The van der Waals surface area contributed by atoms with Gasteiger partial charge in [-0.05, 0) is 36.6 Å². The van der Waals surface area contributed by atoms with Crippen molar-refractivity contribution in [2.45, 2.75) is 11.3 Å². The third kappa shape index (κ3) is 5.34. The van der Waals surface area contributed by atoms with E-state index < -0.39 is 5.91 Å². The van der Waals surface area contributed by atoms with Crippen molar-refractivity contribution >= 4 is 40.0 Å². The minimum atomic E-state index is -0.522. The lowest BCUT2D eigenvalue weighted by atomic mass is 10.2. The van der Waals surface area contributed by atoms with Gasteiger partial charge in [0.25, 0.3) is 0 Å². The molecule has 3 rings (SSSR count). The molecule has 0 atom stereocenters. The van der Waals surface area contributed by atoms with Gasteiger partial charge in [-0.3, -0.25) is 9.59 Å². The smallest absolute Gasteiger partial charge is 0.248 e. The molecule has 0 bridgehead atoms. The van der Waals surface area contributed by atoms with Gasteiger partial charge >= 0.3 is 0 Å². The first-order chi connectivity index (χ1) is 13.5. The molecular formula is C20H19N3O3S2. The van der Waals surface area contributed by atoms with Crippen LogP contribution < -0.4 is 15.8 Å². The number of aromatic nitrogens is 1. The molecular weight excluding hydrogens is 394 g/mol. The molecule has 0 aliphatic heterocycles. The minimum absolute atomic E-state index is 0.165. The van der Waals surface area contributed by atoms with E-state index in [1.165, 1.54) is 16.2 Å². The minimum Gasteiger partial charge on any atom is -0.493 e. The van der Waals surface area contributed by atoms with Gasteiger partial charge in [0.05, 0.1) is 18.7 Å². The van der Waals surface area contributed by atoms with Gasteiger partial charge in [-0.25, -0.2) is 4.98 Å². The van der Waals surface area contributed by atoms with Gasteiger partial charge in [-0.2, -0.15) is 0 Å². The van der Waals surface area contributed by atoms with Crippen molar-refractivity contribution in [1.29, 1.82) is 0 Å². The van der Waals surface area contributed by atoms with Gasteiger partial charge in [-0.1, -0.05) is 18.2 Å². The Labute approximate surface area is 171 Å². The molecule has 0 aliphatic rings. The Morgan fingerprint density at radius 2 is 2.00 bits per heavy atom. The predicted molar refractivity (Wildman–Crippen MR) is 113 cm³/mol. The van der Waals surface area contributed by atoms with E-state index in [9.17, 15) is 9.59 Å². The molecule has 1 aromatic heterocycles. The molecule has 2 amide bonds. The number of thiazole rings is 1. The number of hydrogen-bond acceptors (Lipinski definition) is 6. The van der Waals surface area contributed by atoms with E-state index in [1.54, 1.807) is 36.0 Å². The summed E-state index contributed by atoms with van der Waals surface area (Å²) in [6, 6.07) is 14.7. The van der Waals surface area contributed by atoms with Crippen LogP contribution in [0.4, 0.5) is 5.13 Å². The van der Waals surface area contributed by atoms with Crippen LogP contribution in [-0.4, -0.2) is 29.7 Å². The predicted octanol–water partition coefficient (Wildman–Crippen LogP) is 4.04. The Morgan fingerprint density at radius 3 is 2.71 bits per heavy atom. The highest BCUT2D eigenvalue weighted by Gasteiger charge is 2.09. The second kappa shape index (κ2) is 9.38. The summed E-state index contributed by atoms with van der Waals surface area (Å²) in [5.41, 5.74) is 7.44. The lowest BCUT2D eigenvalue weighted by molar-refractivity contribution is -0.116. The molecule has 0 radical (unpaired) electrons. The summed E-state index contributed by atoms with van der Waals surface area (Å²) in [4.78, 5) is 28.9. The second-order valence-corrected chi connectivity index (χ2v) is 7.54. The van der Waals surface area contributed by atoms with Crippen LogP contribution in [0.1, 0.15) is 16.8 Å². The largest absolute Gasteiger partial charge is 0.493 e. The number of nitrogens with one attached hydrogen (secondary N) is 1. The Morgan fingerprint density at radius 1 is 1.21 bits per heavy atom. The maximum atomic E-state index is 12.1.